The van der Waals surface area contributed by atoms with Crippen molar-refractivity contribution in [2.75, 3.05) is 30.3 Å². The summed E-state index contributed by atoms with van der Waals surface area (Å²) < 4.78 is 0. The summed E-state index contributed by atoms with van der Waals surface area (Å²) in [5.74, 6) is 0.655. The number of nitrogens with one attached hydrogen (secondary N) is 1. The van der Waals surface area contributed by atoms with Gasteiger partial charge in [0.05, 0.1) is 22.4 Å². The highest BCUT2D eigenvalue weighted by Crippen LogP contribution is 2.26. The molecule has 4 rings (SSSR count). The molecular weight excluding hydrogens is 517 g/mol. The Morgan fingerprint density at radius 2 is 1.81 bits per heavy atom. The molecule has 2 atom stereocenters. The Labute approximate surface area is 225 Å². The van der Waals surface area contributed by atoms with E-state index in [1.54, 1.807) is 18.2 Å². The number of hydrogen-bond acceptors (Lipinski definition) is 6. The van der Waals surface area contributed by atoms with Crippen LogP contribution in [0.25, 0.3) is 0 Å². The summed E-state index contributed by atoms with van der Waals surface area (Å²) in [7, 11) is 0. The van der Waals surface area contributed by atoms with Gasteiger partial charge in [0.2, 0.25) is 5.91 Å². The Balaban J connectivity index is 1.36. The van der Waals surface area contributed by atoms with Gasteiger partial charge in [0.1, 0.15) is 11.0 Å². The summed E-state index contributed by atoms with van der Waals surface area (Å²) >= 11 is 13.8. The van der Waals surface area contributed by atoms with Crippen molar-refractivity contribution in [1.82, 2.24) is 20.2 Å². The number of amides is 2. The lowest BCUT2D eigenvalue weighted by atomic mass is 10.1. The van der Waals surface area contributed by atoms with Crippen LogP contribution in [-0.4, -0.2) is 58.1 Å². The molecule has 188 valence electrons. The first-order valence-electron chi connectivity index (χ1n) is 11.6. The summed E-state index contributed by atoms with van der Waals surface area (Å²) in [6.45, 7) is 5.64. The van der Waals surface area contributed by atoms with Gasteiger partial charge in [0.15, 0.2) is 5.16 Å². The van der Waals surface area contributed by atoms with Crippen LogP contribution in [0.15, 0.2) is 65.8 Å². The smallest absolute Gasteiger partial charge is 0.255 e. The number of halogens is 2. The molecule has 1 fully saturated rings. The first-order valence-corrected chi connectivity index (χ1v) is 13.4. The van der Waals surface area contributed by atoms with E-state index in [0.29, 0.717) is 46.3 Å². The van der Waals surface area contributed by atoms with Crippen molar-refractivity contribution in [2.24, 2.45) is 0 Å². The molecule has 7 nitrogen and oxygen atoms in total. The van der Waals surface area contributed by atoms with E-state index in [1.807, 2.05) is 61.2 Å². The maximum Gasteiger partial charge on any atom is 0.255 e. The van der Waals surface area contributed by atoms with Crippen LogP contribution in [0.2, 0.25) is 10.2 Å². The number of rotatable bonds is 7. The third-order valence-corrected chi connectivity index (χ3v) is 7.36. The summed E-state index contributed by atoms with van der Waals surface area (Å²) in [5, 5.41) is 4.18. The average Bonchev–Trinajstić information content (AvgIpc) is 2.87. The number of anilines is 1. The van der Waals surface area contributed by atoms with Crippen molar-refractivity contribution in [3.8, 4) is 0 Å². The van der Waals surface area contributed by atoms with Crippen LogP contribution in [-0.2, 0) is 4.79 Å². The minimum absolute atomic E-state index is 0.0578. The normalized spacial score (nSPS) is 16.5. The van der Waals surface area contributed by atoms with Crippen LogP contribution in [0, 0.1) is 0 Å². The van der Waals surface area contributed by atoms with Gasteiger partial charge >= 0.3 is 0 Å². The monoisotopic (exact) mass is 543 g/mol. The SMILES string of the molecule is CC(NC(=O)CSc1nc(Cl)cc(N2CCN(C(=O)c3ccccc3Cl)C(C)C2)n1)c1ccccc1. The number of thioether (sulfide) groups is 1. The molecule has 0 saturated carbocycles. The Kier molecular flexibility index (Phi) is 8.72. The highest BCUT2D eigenvalue weighted by Gasteiger charge is 2.30. The standard InChI is InChI=1S/C26H27Cl2N5O2S/c1-17-15-32(12-13-33(17)25(35)20-10-6-7-11-21(20)27)23-14-22(28)30-26(31-23)36-16-24(34)29-18(2)19-8-4-3-5-9-19/h3-11,14,17-18H,12-13,15-16H2,1-2H3,(H,29,34). The molecule has 0 aliphatic carbocycles. The van der Waals surface area contributed by atoms with Crippen molar-refractivity contribution < 1.29 is 9.59 Å². The quantitative estimate of drug-likeness (QED) is 0.253. The third-order valence-electron chi connectivity index (χ3n) is 5.99. The van der Waals surface area contributed by atoms with Crippen molar-refractivity contribution in [2.45, 2.75) is 31.1 Å². The average molecular weight is 545 g/mol. The Hall–Kier alpha value is -2.81. The fourth-order valence-electron chi connectivity index (χ4n) is 4.11. The zero-order valence-corrected chi connectivity index (χ0v) is 22.4. The Morgan fingerprint density at radius 1 is 1.08 bits per heavy atom. The molecule has 1 aliphatic heterocycles. The lowest BCUT2D eigenvalue weighted by Gasteiger charge is -2.40. The van der Waals surface area contributed by atoms with E-state index >= 15 is 0 Å². The Bertz CT molecular complexity index is 1230. The Morgan fingerprint density at radius 3 is 2.53 bits per heavy atom. The number of nitrogens with zero attached hydrogens (tertiary/aromatic N) is 4. The van der Waals surface area contributed by atoms with Gasteiger partial charge in [-0.2, -0.15) is 0 Å². The molecule has 1 saturated heterocycles. The minimum atomic E-state index is -0.109. The molecule has 2 unspecified atom stereocenters. The van der Waals surface area contributed by atoms with E-state index in [4.69, 9.17) is 23.2 Å². The molecule has 1 aliphatic rings. The van der Waals surface area contributed by atoms with E-state index < -0.39 is 0 Å². The summed E-state index contributed by atoms with van der Waals surface area (Å²) in [4.78, 5) is 38.3. The predicted molar refractivity (Wildman–Crippen MR) is 145 cm³/mol. The van der Waals surface area contributed by atoms with E-state index in [1.165, 1.54) is 11.8 Å². The highest BCUT2D eigenvalue weighted by atomic mass is 35.5. The molecule has 2 aromatic carbocycles. The minimum Gasteiger partial charge on any atom is -0.353 e. The van der Waals surface area contributed by atoms with E-state index in [-0.39, 0.29) is 29.7 Å². The fourth-order valence-corrected chi connectivity index (χ4v) is 5.22. The van der Waals surface area contributed by atoms with E-state index in [2.05, 4.69) is 20.2 Å². The van der Waals surface area contributed by atoms with Crippen molar-refractivity contribution >= 4 is 52.6 Å². The van der Waals surface area contributed by atoms with E-state index in [0.717, 1.165) is 5.56 Å². The maximum absolute atomic E-state index is 13.0. The molecule has 10 heteroatoms. The zero-order valence-electron chi connectivity index (χ0n) is 20.0. The molecule has 0 radical (unpaired) electrons. The van der Waals surface area contributed by atoms with E-state index in [9.17, 15) is 9.59 Å². The van der Waals surface area contributed by atoms with Gasteiger partial charge in [-0.1, -0.05) is 77.4 Å². The lowest BCUT2D eigenvalue weighted by molar-refractivity contribution is -0.119. The molecular formula is C26H27Cl2N5O2S. The van der Waals surface area contributed by atoms with Gasteiger partial charge < -0.3 is 15.1 Å². The van der Waals surface area contributed by atoms with Gasteiger partial charge in [0.25, 0.3) is 5.91 Å². The second-order valence-electron chi connectivity index (χ2n) is 8.59. The summed E-state index contributed by atoms with van der Waals surface area (Å²) in [6.07, 6.45) is 0. The molecule has 2 amide bonds. The van der Waals surface area contributed by atoms with Crippen LogP contribution in [0.4, 0.5) is 5.82 Å². The first kappa shape index (κ1) is 26.3. The molecule has 2 heterocycles. The zero-order chi connectivity index (χ0) is 25.7. The number of carbonyl (C=O) groups excluding carboxylic acids is 2. The van der Waals surface area contributed by atoms with Crippen molar-refractivity contribution in [3.05, 3.63) is 82.0 Å². The first-order chi connectivity index (χ1) is 17.3. The lowest BCUT2D eigenvalue weighted by Crippen LogP contribution is -2.54. The summed E-state index contributed by atoms with van der Waals surface area (Å²) in [6, 6.07) is 18.4. The topological polar surface area (TPSA) is 78.4 Å². The van der Waals surface area contributed by atoms with Crippen LogP contribution < -0.4 is 10.2 Å². The fraction of sp³-hybridized carbons (Fsp3) is 0.308. The second-order valence-corrected chi connectivity index (χ2v) is 10.3. The largest absolute Gasteiger partial charge is 0.353 e. The van der Waals surface area contributed by atoms with Crippen molar-refractivity contribution in [1.29, 1.82) is 0 Å². The number of benzene rings is 2. The summed E-state index contributed by atoms with van der Waals surface area (Å²) in [5.41, 5.74) is 1.54. The number of hydrogen-bond donors (Lipinski definition) is 1. The number of aromatic nitrogens is 2. The molecule has 3 aromatic rings. The van der Waals surface area contributed by atoms with Gasteiger partial charge in [-0.3, -0.25) is 9.59 Å². The van der Waals surface area contributed by atoms with Crippen LogP contribution in [0.3, 0.4) is 0 Å². The maximum atomic E-state index is 13.0. The van der Waals surface area contributed by atoms with Crippen LogP contribution >= 0.6 is 35.0 Å². The molecule has 36 heavy (non-hydrogen) atoms. The van der Waals surface area contributed by atoms with Crippen LogP contribution in [0.5, 0.6) is 0 Å². The third kappa shape index (κ3) is 6.49. The number of carbonyl (C=O) groups is 2. The van der Waals surface area contributed by atoms with Crippen LogP contribution in [0.1, 0.15) is 35.8 Å². The van der Waals surface area contributed by atoms with Gasteiger partial charge in [-0.15, -0.1) is 0 Å². The van der Waals surface area contributed by atoms with Gasteiger partial charge in [-0.05, 0) is 31.5 Å². The molecule has 1 N–H and O–H groups in total. The highest BCUT2D eigenvalue weighted by molar-refractivity contribution is 7.99. The van der Waals surface area contributed by atoms with Gasteiger partial charge in [0, 0.05) is 31.7 Å². The molecule has 1 aromatic heterocycles. The predicted octanol–water partition coefficient (Wildman–Crippen LogP) is 5.10. The molecule has 0 bridgehead atoms. The number of piperazine rings is 1. The van der Waals surface area contributed by atoms with Gasteiger partial charge in [-0.25, -0.2) is 9.97 Å². The second kappa shape index (κ2) is 12.0. The molecule has 0 spiro atoms. The van der Waals surface area contributed by atoms with Crippen molar-refractivity contribution in [3.63, 3.8) is 0 Å².